The van der Waals surface area contributed by atoms with Crippen molar-refractivity contribution in [2.45, 2.75) is 46.0 Å². The number of hydrogen-bond acceptors (Lipinski definition) is 2. The molecule has 0 bridgehead atoms. The van der Waals surface area contributed by atoms with Crippen LogP contribution in [0.3, 0.4) is 0 Å². The molecule has 0 saturated carbocycles. The summed E-state index contributed by atoms with van der Waals surface area (Å²) >= 11 is 0. The number of carboxylic acid groups (broad SMARTS) is 1. The van der Waals surface area contributed by atoms with Crippen molar-refractivity contribution in [2.75, 3.05) is 0 Å². The predicted molar refractivity (Wildman–Crippen MR) is 72.0 cm³/mol. The molecule has 100 valence electrons. The summed E-state index contributed by atoms with van der Waals surface area (Å²) in [5.41, 5.74) is 1.58. The molecule has 1 rings (SSSR count). The van der Waals surface area contributed by atoms with Gasteiger partial charge in [0.1, 0.15) is 5.75 Å². The summed E-state index contributed by atoms with van der Waals surface area (Å²) in [6.07, 6.45) is 0.609. The van der Waals surface area contributed by atoms with Gasteiger partial charge < -0.3 is 10.2 Å². The average molecular weight is 250 g/mol. The summed E-state index contributed by atoms with van der Waals surface area (Å²) in [5.74, 6) is -0.560. The molecule has 0 aliphatic heterocycles. The molecule has 0 amide bonds. The first kappa shape index (κ1) is 14.6. The molecule has 0 saturated heterocycles. The molecule has 0 spiro atoms. The van der Waals surface area contributed by atoms with E-state index in [1.165, 1.54) is 0 Å². The van der Waals surface area contributed by atoms with Crippen LogP contribution in [0.5, 0.6) is 5.75 Å². The Kier molecular flexibility index (Phi) is 4.76. The highest BCUT2D eigenvalue weighted by atomic mass is 16.4. The Hall–Kier alpha value is -1.51. The van der Waals surface area contributed by atoms with E-state index >= 15 is 0 Å². The van der Waals surface area contributed by atoms with Gasteiger partial charge in [0.2, 0.25) is 0 Å². The van der Waals surface area contributed by atoms with E-state index in [0.29, 0.717) is 12.3 Å². The minimum absolute atomic E-state index is 0.179. The molecule has 0 aliphatic carbocycles. The van der Waals surface area contributed by atoms with Crippen molar-refractivity contribution in [2.24, 2.45) is 5.92 Å². The van der Waals surface area contributed by atoms with Gasteiger partial charge in [0.25, 0.3) is 0 Å². The molecule has 2 N–H and O–H groups in total. The van der Waals surface area contributed by atoms with Crippen molar-refractivity contribution >= 4 is 5.97 Å². The minimum Gasteiger partial charge on any atom is -0.508 e. The molecular weight excluding hydrogens is 228 g/mol. The first-order chi connectivity index (χ1) is 8.32. The lowest BCUT2D eigenvalue weighted by atomic mass is 9.88. The number of aromatic hydroxyl groups is 1. The fourth-order valence-corrected chi connectivity index (χ4v) is 2.10. The SMILES string of the molecule is CC(C)CC(C(=O)O)c1ccc(O)c(C(C)C)c1. The van der Waals surface area contributed by atoms with E-state index in [1.807, 2.05) is 33.8 Å². The summed E-state index contributed by atoms with van der Waals surface area (Å²) < 4.78 is 0. The van der Waals surface area contributed by atoms with Gasteiger partial charge in [-0.2, -0.15) is 0 Å². The molecular formula is C15H22O3. The highest BCUT2D eigenvalue weighted by molar-refractivity contribution is 5.76. The molecule has 0 aliphatic rings. The molecule has 0 aromatic heterocycles. The van der Waals surface area contributed by atoms with Crippen LogP contribution >= 0.6 is 0 Å². The van der Waals surface area contributed by atoms with Crippen molar-refractivity contribution in [1.82, 2.24) is 0 Å². The van der Waals surface area contributed by atoms with E-state index in [-0.39, 0.29) is 11.7 Å². The van der Waals surface area contributed by atoms with Crippen molar-refractivity contribution in [3.8, 4) is 5.75 Å². The van der Waals surface area contributed by atoms with E-state index in [1.54, 1.807) is 12.1 Å². The molecule has 0 heterocycles. The van der Waals surface area contributed by atoms with Gasteiger partial charge in [0, 0.05) is 0 Å². The first-order valence-corrected chi connectivity index (χ1v) is 6.38. The fraction of sp³-hybridized carbons (Fsp3) is 0.533. The van der Waals surface area contributed by atoms with Gasteiger partial charge in [0.15, 0.2) is 0 Å². The van der Waals surface area contributed by atoms with Gasteiger partial charge in [-0.15, -0.1) is 0 Å². The van der Waals surface area contributed by atoms with E-state index < -0.39 is 11.9 Å². The topological polar surface area (TPSA) is 57.5 Å². The fourth-order valence-electron chi connectivity index (χ4n) is 2.10. The number of aliphatic carboxylic acids is 1. The number of phenols is 1. The molecule has 0 radical (unpaired) electrons. The second-order valence-electron chi connectivity index (χ2n) is 5.49. The van der Waals surface area contributed by atoms with Crippen LogP contribution in [-0.2, 0) is 4.79 Å². The van der Waals surface area contributed by atoms with Crippen LogP contribution < -0.4 is 0 Å². The van der Waals surface area contributed by atoms with E-state index in [4.69, 9.17) is 0 Å². The Morgan fingerprint density at radius 1 is 1.22 bits per heavy atom. The summed E-state index contributed by atoms with van der Waals surface area (Å²) in [6, 6.07) is 5.13. The number of hydrogen-bond donors (Lipinski definition) is 2. The van der Waals surface area contributed by atoms with Crippen molar-refractivity contribution in [3.63, 3.8) is 0 Å². The van der Waals surface area contributed by atoms with Gasteiger partial charge in [-0.3, -0.25) is 4.79 Å². The minimum atomic E-state index is -0.802. The Bertz CT molecular complexity index is 422. The Balaban J connectivity index is 3.13. The summed E-state index contributed by atoms with van der Waals surface area (Å²) in [7, 11) is 0. The predicted octanol–water partition coefficient (Wildman–Crippen LogP) is 3.73. The third-order valence-electron chi connectivity index (χ3n) is 3.08. The number of phenolic OH excluding ortho intramolecular Hbond substituents is 1. The van der Waals surface area contributed by atoms with Gasteiger partial charge >= 0.3 is 5.97 Å². The molecule has 1 aromatic rings. The molecule has 1 unspecified atom stereocenters. The van der Waals surface area contributed by atoms with Crippen LogP contribution in [0.25, 0.3) is 0 Å². The zero-order chi connectivity index (χ0) is 13.9. The van der Waals surface area contributed by atoms with E-state index in [2.05, 4.69) is 0 Å². The quantitative estimate of drug-likeness (QED) is 0.837. The van der Waals surface area contributed by atoms with Gasteiger partial charge in [0.05, 0.1) is 5.92 Å². The lowest BCUT2D eigenvalue weighted by Crippen LogP contribution is -2.14. The smallest absolute Gasteiger partial charge is 0.310 e. The highest BCUT2D eigenvalue weighted by Gasteiger charge is 2.22. The van der Waals surface area contributed by atoms with E-state index in [9.17, 15) is 15.0 Å². The maximum absolute atomic E-state index is 11.3. The summed E-state index contributed by atoms with van der Waals surface area (Å²) in [5, 5.41) is 19.1. The Morgan fingerprint density at radius 2 is 1.83 bits per heavy atom. The molecule has 1 aromatic carbocycles. The number of rotatable bonds is 5. The van der Waals surface area contributed by atoms with Crippen molar-refractivity contribution < 1.29 is 15.0 Å². The van der Waals surface area contributed by atoms with Crippen LogP contribution in [-0.4, -0.2) is 16.2 Å². The highest BCUT2D eigenvalue weighted by Crippen LogP contribution is 2.31. The second-order valence-corrected chi connectivity index (χ2v) is 5.49. The van der Waals surface area contributed by atoms with Crippen LogP contribution in [0.2, 0.25) is 0 Å². The average Bonchev–Trinajstić information content (AvgIpc) is 2.26. The van der Waals surface area contributed by atoms with Crippen molar-refractivity contribution in [3.05, 3.63) is 29.3 Å². The first-order valence-electron chi connectivity index (χ1n) is 6.38. The van der Waals surface area contributed by atoms with Gasteiger partial charge in [-0.25, -0.2) is 0 Å². The maximum atomic E-state index is 11.3. The van der Waals surface area contributed by atoms with Crippen molar-refractivity contribution in [1.29, 1.82) is 0 Å². The Labute approximate surface area is 108 Å². The normalized spacial score (nSPS) is 13.0. The number of carbonyl (C=O) groups is 1. The van der Waals surface area contributed by atoms with Crippen LogP contribution in [0.1, 0.15) is 57.1 Å². The molecule has 3 nitrogen and oxygen atoms in total. The molecule has 1 atom stereocenters. The van der Waals surface area contributed by atoms with Crippen LogP contribution in [0.4, 0.5) is 0 Å². The Morgan fingerprint density at radius 3 is 2.28 bits per heavy atom. The maximum Gasteiger partial charge on any atom is 0.310 e. The number of benzene rings is 1. The standard InChI is InChI=1S/C15H22O3/c1-9(2)7-13(15(17)18)11-5-6-14(16)12(8-11)10(3)4/h5-6,8-10,13,16H,7H2,1-4H3,(H,17,18). The third-order valence-corrected chi connectivity index (χ3v) is 3.08. The monoisotopic (exact) mass is 250 g/mol. The largest absolute Gasteiger partial charge is 0.508 e. The third kappa shape index (κ3) is 3.49. The van der Waals surface area contributed by atoms with Gasteiger partial charge in [-0.05, 0) is 35.4 Å². The molecule has 3 heteroatoms. The lowest BCUT2D eigenvalue weighted by molar-refractivity contribution is -0.139. The van der Waals surface area contributed by atoms with Crippen LogP contribution in [0, 0.1) is 5.92 Å². The zero-order valence-electron chi connectivity index (χ0n) is 11.5. The summed E-state index contributed by atoms with van der Waals surface area (Å²) in [4.78, 5) is 11.3. The lowest BCUT2D eigenvalue weighted by Gasteiger charge is -2.17. The molecule has 0 fully saturated rings. The second kappa shape index (κ2) is 5.89. The van der Waals surface area contributed by atoms with Gasteiger partial charge in [-0.1, -0.05) is 39.8 Å². The molecule has 18 heavy (non-hydrogen) atoms. The van der Waals surface area contributed by atoms with E-state index in [0.717, 1.165) is 11.1 Å². The van der Waals surface area contributed by atoms with Crippen LogP contribution in [0.15, 0.2) is 18.2 Å². The summed E-state index contributed by atoms with van der Waals surface area (Å²) in [6.45, 7) is 7.99. The number of carboxylic acids is 1. The zero-order valence-corrected chi connectivity index (χ0v) is 11.5.